The summed E-state index contributed by atoms with van der Waals surface area (Å²) in [5.74, 6) is -1.38. The van der Waals surface area contributed by atoms with Crippen molar-refractivity contribution < 1.29 is 92.6 Å². The van der Waals surface area contributed by atoms with Crippen molar-refractivity contribution in [2.75, 3.05) is 12.4 Å². The van der Waals surface area contributed by atoms with Gasteiger partial charge in [-0.2, -0.15) is 0 Å². The van der Waals surface area contributed by atoms with Gasteiger partial charge in [0, 0.05) is 11.3 Å². The molecule has 1 saturated heterocycles. The summed E-state index contributed by atoms with van der Waals surface area (Å²) in [6, 6.07) is 6.44. The normalized spacial score (nSPS) is 21.0. The molecule has 5 N–H and O–H groups in total. The quantitative estimate of drug-likeness (QED) is 0.199. The molecule has 0 saturated carbocycles. The third kappa shape index (κ3) is 6.36. The van der Waals surface area contributed by atoms with Crippen molar-refractivity contribution in [3.8, 4) is 0 Å². The Labute approximate surface area is 226 Å². The zero-order valence-corrected chi connectivity index (χ0v) is 22.6. The number of β-lactam (4-membered cyclic amide) rings is 1. The summed E-state index contributed by atoms with van der Waals surface area (Å²) in [5.41, 5.74) is 10.5. The number of benzene rings is 1. The molecular formula is C16H17N4Na2O7PS. The van der Waals surface area contributed by atoms with Crippen molar-refractivity contribution in [2.24, 2.45) is 11.5 Å². The Hall–Kier alpha value is -0.370. The molecule has 0 radical (unpaired) electrons. The van der Waals surface area contributed by atoms with Crippen LogP contribution in [-0.2, 0) is 18.9 Å². The fourth-order valence-electron chi connectivity index (χ4n) is 3.06. The van der Waals surface area contributed by atoms with E-state index in [1.165, 1.54) is 0 Å². The number of nitrogens with zero attached hydrogens (tertiary/aromatic N) is 1. The number of amides is 3. The summed E-state index contributed by atoms with van der Waals surface area (Å²) in [7, 11) is -5.36. The van der Waals surface area contributed by atoms with Crippen LogP contribution in [0.2, 0.25) is 0 Å². The topological polar surface area (TPSA) is 191 Å². The van der Waals surface area contributed by atoms with E-state index < -0.39 is 55.0 Å². The number of primary amides is 1. The maximum atomic E-state index is 12.5. The van der Waals surface area contributed by atoms with Crippen molar-refractivity contribution >= 4 is 37.3 Å². The van der Waals surface area contributed by atoms with Crippen molar-refractivity contribution in [3.05, 3.63) is 46.9 Å². The molecule has 3 amide bonds. The number of thioether (sulfide) groups is 1. The molecule has 1 aromatic carbocycles. The second kappa shape index (κ2) is 11.7. The summed E-state index contributed by atoms with van der Waals surface area (Å²) < 4.78 is 16.3. The van der Waals surface area contributed by atoms with Gasteiger partial charge in [-0.3, -0.25) is 14.5 Å². The minimum absolute atomic E-state index is 0. The van der Waals surface area contributed by atoms with Gasteiger partial charge in [0.1, 0.15) is 24.1 Å². The predicted molar refractivity (Wildman–Crippen MR) is 98.6 cm³/mol. The van der Waals surface area contributed by atoms with Gasteiger partial charge in [0.05, 0.1) is 5.44 Å². The summed E-state index contributed by atoms with van der Waals surface area (Å²) in [6.45, 7) is -0.529. The summed E-state index contributed by atoms with van der Waals surface area (Å²) in [4.78, 5) is 60.0. The average Bonchev–Trinajstić information content (AvgIpc) is 2.68. The number of carbonyl (C=O) groups excluding carboxylic acids is 3. The summed E-state index contributed by atoms with van der Waals surface area (Å²) in [6.07, 6.45) is -1.15. The Morgan fingerprint density at radius 3 is 2.45 bits per heavy atom. The third-order valence-electron chi connectivity index (χ3n) is 4.40. The molecule has 3 atom stereocenters. The van der Waals surface area contributed by atoms with Crippen LogP contribution in [0.25, 0.3) is 0 Å². The predicted octanol–water partition coefficient (Wildman–Crippen LogP) is -7.69. The SMILES string of the molecule is NC(=O)OCC1=C(P(=O)([O-])[O-])N2C(=O)[C@@H](NC(=O)C(N)c3ccccc3)[C@@H]2SC1.[Na+].[Na+]. The van der Waals surface area contributed by atoms with Gasteiger partial charge in [0.25, 0.3) is 5.91 Å². The van der Waals surface area contributed by atoms with E-state index in [4.69, 9.17) is 11.5 Å². The number of carbonyl (C=O) groups is 3. The van der Waals surface area contributed by atoms with E-state index in [0.29, 0.717) is 5.56 Å². The molecule has 156 valence electrons. The summed E-state index contributed by atoms with van der Waals surface area (Å²) >= 11 is 1.11. The van der Waals surface area contributed by atoms with Crippen LogP contribution in [0.4, 0.5) is 4.79 Å². The molecule has 11 nitrogen and oxygen atoms in total. The Bertz CT molecular complexity index is 930. The number of nitrogens with two attached hydrogens (primary N) is 2. The molecule has 0 bridgehead atoms. The van der Waals surface area contributed by atoms with Gasteiger partial charge in [-0.05, 0) is 13.2 Å². The Balaban J connectivity index is 0.00000240. The Kier molecular flexibility index (Phi) is 10.8. The molecule has 1 aromatic rings. The van der Waals surface area contributed by atoms with Crippen molar-refractivity contribution in [3.63, 3.8) is 0 Å². The van der Waals surface area contributed by atoms with Gasteiger partial charge < -0.3 is 35.9 Å². The molecule has 0 aliphatic carbocycles. The molecule has 15 heteroatoms. The molecule has 31 heavy (non-hydrogen) atoms. The largest absolute Gasteiger partial charge is 1.00 e. The van der Waals surface area contributed by atoms with E-state index in [0.717, 1.165) is 16.7 Å². The third-order valence-corrected chi connectivity index (χ3v) is 6.79. The van der Waals surface area contributed by atoms with Gasteiger partial charge in [-0.1, -0.05) is 30.3 Å². The summed E-state index contributed by atoms with van der Waals surface area (Å²) in [5, 5.41) is 1.71. The van der Waals surface area contributed by atoms with Gasteiger partial charge in [0.15, 0.2) is 0 Å². The van der Waals surface area contributed by atoms with Crippen LogP contribution in [0, 0.1) is 0 Å². The van der Waals surface area contributed by atoms with Crippen molar-refractivity contribution in [1.29, 1.82) is 0 Å². The molecule has 3 rings (SSSR count). The maximum Gasteiger partial charge on any atom is 1.00 e. The van der Waals surface area contributed by atoms with Gasteiger partial charge in [-0.25, -0.2) is 4.79 Å². The monoisotopic (exact) mass is 486 g/mol. The molecule has 2 heterocycles. The van der Waals surface area contributed by atoms with Gasteiger partial charge >= 0.3 is 65.2 Å². The minimum atomic E-state index is -5.36. The number of hydrogen-bond donors (Lipinski definition) is 3. The Morgan fingerprint density at radius 1 is 1.29 bits per heavy atom. The van der Waals surface area contributed by atoms with Crippen LogP contribution in [0.3, 0.4) is 0 Å². The van der Waals surface area contributed by atoms with Crippen LogP contribution in [-0.4, -0.2) is 46.6 Å². The van der Waals surface area contributed by atoms with Crippen LogP contribution in [0.5, 0.6) is 0 Å². The fraction of sp³-hybridized carbons (Fsp3) is 0.312. The average molecular weight is 486 g/mol. The number of nitrogens with one attached hydrogen (secondary N) is 1. The van der Waals surface area contributed by atoms with Crippen LogP contribution in [0.15, 0.2) is 41.3 Å². The molecule has 1 fully saturated rings. The smallest absolute Gasteiger partial charge is 0.806 e. The number of fused-ring (bicyclic) bond motifs is 1. The van der Waals surface area contributed by atoms with E-state index in [2.05, 4.69) is 10.1 Å². The first-order chi connectivity index (χ1) is 13.6. The van der Waals surface area contributed by atoms with Gasteiger partial charge in [-0.15, -0.1) is 11.8 Å². The van der Waals surface area contributed by atoms with E-state index in [1.807, 2.05) is 0 Å². The molecule has 1 unspecified atom stereocenters. The number of rotatable bonds is 6. The van der Waals surface area contributed by atoms with Crippen LogP contribution >= 0.6 is 19.4 Å². The van der Waals surface area contributed by atoms with Gasteiger partial charge in [0.2, 0.25) is 5.91 Å². The first kappa shape index (κ1) is 28.7. The standard InChI is InChI=1S/C16H19N4O7PS.2Na/c17-10(8-4-2-1-3-5-8)12(21)19-11-13(22)20-14(28(24,25)26)9(6-27-16(18)23)7-29-15(11)20;;/h1-5,10-11,15H,6-7,17H2,(H2,18,23)(H,19,21)(H2,24,25,26);;/q;2*+1/p-2/t10?,11-,15+;;/m1../s1. The van der Waals surface area contributed by atoms with Crippen LogP contribution in [0.1, 0.15) is 11.6 Å². The molecule has 0 spiro atoms. The number of hydrogen-bond acceptors (Lipinski definition) is 9. The van der Waals surface area contributed by atoms with E-state index >= 15 is 0 Å². The maximum absolute atomic E-state index is 12.5. The number of ether oxygens (including phenoxy) is 1. The van der Waals surface area contributed by atoms with E-state index in [9.17, 15) is 28.7 Å². The first-order valence-corrected chi connectivity index (χ1v) is 10.9. The van der Waals surface area contributed by atoms with E-state index in [1.54, 1.807) is 30.3 Å². The van der Waals surface area contributed by atoms with Crippen LogP contribution < -0.4 is 85.7 Å². The van der Waals surface area contributed by atoms with Crippen molar-refractivity contribution in [1.82, 2.24) is 10.2 Å². The zero-order valence-electron chi connectivity index (χ0n) is 16.8. The molecule has 2 aliphatic heterocycles. The fourth-order valence-corrected chi connectivity index (χ4v) is 5.59. The molecule has 2 aliphatic rings. The first-order valence-electron chi connectivity index (χ1n) is 8.33. The minimum Gasteiger partial charge on any atom is -0.806 e. The molecule has 0 aromatic heterocycles. The second-order valence-corrected chi connectivity index (χ2v) is 8.84. The van der Waals surface area contributed by atoms with Crippen molar-refractivity contribution in [2.45, 2.75) is 17.5 Å². The second-order valence-electron chi connectivity index (χ2n) is 6.32. The zero-order chi connectivity index (χ0) is 21.3. The van der Waals surface area contributed by atoms with E-state index in [-0.39, 0.29) is 70.4 Å². The Morgan fingerprint density at radius 2 is 1.90 bits per heavy atom. The molecular weight excluding hydrogens is 469 g/mol.